The van der Waals surface area contributed by atoms with Gasteiger partial charge in [0.2, 0.25) is 0 Å². The van der Waals surface area contributed by atoms with E-state index in [4.69, 9.17) is 4.98 Å². The van der Waals surface area contributed by atoms with Crippen LogP contribution in [0.3, 0.4) is 0 Å². The summed E-state index contributed by atoms with van der Waals surface area (Å²) in [6.07, 6.45) is 5.81. The lowest BCUT2D eigenvalue weighted by molar-refractivity contribution is 0.732. The van der Waals surface area contributed by atoms with E-state index in [-0.39, 0.29) is 0 Å². The molecule has 0 fully saturated rings. The minimum Gasteiger partial charge on any atom is -0.357 e. The second kappa shape index (κ2) is 6.98. The van der Waals surface area contributed by atoms with E-state index in [2.05, 4.69) is 34.8 Å². The molecule has 2 aromatic rings. The average molecular weight is 270 g/mol. The number of pyridine rings is 1. The average Bonchev–Trinajstić information content (AvgIpc) is 2.47. The van der Waals surface area contributed by atoms with Gasteiger partial charge in [-0.2, -0.15) is 0 Å². The third kappa shape index (κ3) is 3.53. The summed E-state index contributed by atoms with van der Waals surface area (Å²) in [7, 11) is 0. The van der Waals surface area contributed by atoms with E-state index in [9.17, 15) is 0 Å². The van der Waals surface area contributed by atoms with Crippen molar-refractivity contribution in [1.82, 2.24) is 15.0 Å². The third-order valence-corrected chi connectivity index (χ3v) is 3.07. The van der Waals surface area contributed by atoms with Crippen LogP contribution in [0.2, 0.25) is 0 Å². The quantitative estimate of drug-likeness (QED) is 0.806. The minimum atomic E-state index is 0.755. The number of nitrogens with zero attached hydrogens (tertiary/aromatic N) is 4. The monoisotopic (exact) mass is 270 g/mol. The Kier molecular flexibility index (Phi) is 5.04. The van der Waals surface area contributed by atoms with Crippen LogP contribution in [0.25, 0.3) is 11.4 Å². The first-order chi connectivity index (χ1) is 9.74. The normalized spacial score (nSPS) is 10.6. The molecule has 0 bridgehead atoms. The molecule has 0 saturated carbocycles. The van der Waals surface area contributed by atoms with Crippen LogP contribution < -0.4 is 4.90 Å². The summed E-state index contributed by atoms with van der Waals surface area (Å²) in [5.74, 6) is 1.77. The number of hydrogen-bond acceptors (Lipinski definition) is 4. The number of hydrogen-bond donors (Lipinski definition) is 0. The van der Waals surface area contributed by atoms with Gasteiger partial charge in [0.05, 0.1) is 0 Å². The van der Waals surface area contributed by atoms with Crippen LogP contribution >= 0.6 is 0 Å². The number of anilines is 1. The maximum absolute atomic E-state index is 4.72. The summed E-state index contributed by atoms with van der Waals surface area (Å²) < 4.78 is 0. The Morgan fingerprint density at radius 2 is 1.85 bits per heavy atom. The van der Waals surface area contributed by atoms with Crippen LogP contribution in [0, 0.1) is 6.92 Å². The molecule has 4 nitrogen and oxygen atoms in total. The molecule has 4 heteroatoms. The molecule has 0 aromatic carbocycles. The van der Waals surface area contributed by atoms with E-state index in [1.54, 1.807) is 6.20 Å². The first-order valence-corrected chi connectivity index (χ1v) is 7.25. The van der Waals surface area contributed by atoms with Gasteiger partial charge >= 0.3 is 0 Å². The van der Waals surface area contributed by atoms with Gasteiger partial charge in [0.15, 0.2) is 5.82 Å². The second-order valence-corrected chi connectivity index (χ2v) is 4.92. The fourth-order valence-electron chi connectivity index (χ4n) is 2.22. The molecule has 0 amide bonds. The summed E-state index contributed by atoms with van der Waals surface area (Å²) in [5, 5.41) is 0. The number of aromatic nitrogens is 3. The highest BCUT2D eigenvalue weighted by Gasteiger charge is 2.10. The molecule has 0 atom stereocenters. The smallest absolute Gasteiger partial charge is 0.163 e. The van der Waals surface area contributed by atoms with Gasteiger partial charge in [0.1, 0.15) is 5.82 Å². The van der Waals surface area contributed by atoms with Gasteiger partial charge in [-0.3, -0.25) is 4.98 Å². The lowest BCUT2D eigenvalue weighted by atomic mass is 10.2. The molecule has 0 saturated heterocycles. The Hall–Kier alpha value is -1.97. The van der Waals surface area contributed by atoms with Gasteiger partial charge < -0.3 is 4.90 Å². The van der Waals surface area contributed by atoms with E-state index in [0.717, 1.165) is 48.8 Å². The minimum absolute atomic E-state index is 0.755. The number of rotatable bonds is 6. The molecule has 0 aliphatic rings. The lowest BCUT2D eigenvalue weighted by Gasteiger charge is -2.23. The van der Waals surface area contributed by atoms with Gasteiger partial charge in [0, 0.05) is 42.8 Å². The van der Waals surface area contributed by atoms with Crippen LogP contribution in [0.15, 0.2) is 30.6 Å². The molecule has 2 rings (SSSR count). The molecule has 20 heavy (non-hydrogen) atoms. The largest absolute Gasteiger partial charge is 0.357 e. The van der Waals surface area contributed by atoms with Crippen LogP contribution in [0.4, 0.5) is 5.82 Å². The standard InChI is InChI=1S/C16H22N4/c1-4-9-20(10-5-2)15-11-13(3)18-16(19-15)14-7-6-8-17-12-14/h6-8,11-12H,4-5,9-10H2,1-3H3. The molecule has 0 radical (unpaired) electrons. The third-order valence-electron chi connectivity index (χ3n) is 3.07. The zero-order chi connectivity index (χ0) is 14.4. The summed E-state index contributed by atoms with van der Waals surface area (Å²) in [4.78, 5) is 15.7. The first kappa shape index (κ1) is 14.4. The van der Waals surface area contributed by atoms with E-state index in [1.807, 2.05) is 25.3 Å². The van der Waals surface area contributed by atoms with Crippen LogP contribution in [-0.2, 0) is 0 Å². The van der Waals surface area contributed by atoms with Crippen molar-refractivity contribution in [2.24, 2.45) is 0 Å². The Morgan fingerprint density at radius 1 is 1.10 bits per heavy atom. The van der Waals surface area contributed by atoms with Crippen molar-refractivity contribution >= 4 is 5.82 Å². The Labute approximate surface area is 120 Å². The zero-order valence-corrected chi connectivity index (χ0v) is 12.5. The van der Waals surface area contributed by atoms with Crippen LogP contribution in [-0.4, -0.2) is 28.0 Å². The summed E-state index contributed by atoms with van der Waals surface area (Å²) >= 11 is 0. The topological polar surface area (TPSA) is 41.9 Å². The SMILES string of the molecule is CCCN(CCC)c1cc(C)nc(-c2cccnc2)n1. The van der Waals surface area contributed by atoms with Crippen LogP contribution in [0.5, 0.6) is 0 Å². The Balaban J connectivity index is 2.37. The molecule has 0 N–H and O–H groups in total. The molecule has 2 heterocycles. The molecule has 0 aliphatic heterocycles. The molecule has 0 spiro atoms. The predicted octanol–water partition coefficient (Wildman–Crippen LogP) is 3.47. The van der Waals surface area contributed by atoms with Crippen molar-refractivity contribution in [2.75, 3.05) is 18.0 Å². The number of aryl methyl sites for hydroxylation is 1. The van der Waals surface area contributed by atoms with Gasteiger partial charge in [-0.15, -0.1) is 0 Å². The highest BCUT2D eigenvalue weighted by Crippen LogP contribution is 2.19. The van der Waals surface area contributed by atoms with Gasteiger partial charge in [0.25, 0.3) is 0 Å². The molecule has 2 aromatic heterocycles. The molecule has 0 unspecified atom stereocenters. The fraction of sp³-hybridized carbons (Fsp3) is 0.438. The molecular formula is C16H22N4. The van der Waals surface area contributed by atoms with Crippen molar-refractivity contribution in [3.63, 3.8) is 0 Å². The van der Waals surface area contributed by atoms with E-state index in [1.165, 1.54) is 0 Å². The van der Waals surface area contributed by atoms with E-state index >= 15 is 0 Å². The summed E-state index contributed by atoms with van der Waals surface area (Å²) in [6.45, 7) is 8.45. The van der Waals surface area contributed by atoms with Gasteiger partial charge in [-0.25, -0.2) is 9.97 Å². The van der Waals surface area contributed by atoms with Crippen molar-refractivity contribution in [1.29, 1.82) is 0 Å². The highest BCUT2D eigenvalue weighted by atomic mass is 15.2. The van der Waals surface area contributed by atoms with Crippen molar-refractivity contribution in [3.05, 3.63) is 36.3 Å². The predicted molar refractivity (Wildman–Crippen MR) is 82.8 cm³/mol. The van der Waals surface area contributed by atoms with Gasteiger partial charge in [-0.1, -0.05) is 13.8 Å². The lowest BCUT2D eigenvalue weighted by Crippen LogP contribution is -2.26. The summed E-state index contributed by atoms with van der Waals surface area (Å²) in [6, 6.07) is 5.97. The highest BCUT2D eigenvalue weighted by molar-refractivity contribution is 5.56. The summed E-state index contributed by atoms with van der Waals surface area (Å²) in [5.41, 5.74) is 1.96. The first-order valence-electron chi connectivity index (χ1n) is 7.25. The maximum Gasteiger partial charge on any atom is 0.163 e. The van der Waals surface area contributed by atoms with Crippen molar-refractivity contribution in [2.45, 2.75) is 33.6 Å². The molecule has 0 aliphatic carbocycles. The molecular weight excluding hydrogens is 248 g/mol. The van der Waals surface area contributed by atoms with Gasteiger partial charge in [-0.05, 0) is 31.9 Å². The van der Waals surface area contributed by atoms with E-state index in [0.29, 0.717) is 0 Å². The Morgan fingerprint density at radius 3 is 2.45 bits per heavy atom. The Bertz CT molecular complexity index is 533. The zero-order valence-electron chi connectivity index (χ0n) is 12.5. The maximum atomic E-state index is 4.72. The van der Waals surface area contributed by atoms with Crippen molar-refractivity contribution < 1.29 is 0 Å². The van der Waals surface area contributed by atoms with Crippen LogP contribution in [0.1, 0.15) is 32.4 Å². The second-order valence-electron chi connectivity index (χ2n) is 4.92. The van der Waals surface area contributed by atoms with Crippen molar-refractivity contribution in [3.8, 4) is 11.4 Å². The fourth-order valence-corrected chi connectivity index (χ4v) is 2.22. The van der Waals surface area contributed by atoms with E-state index < -0.39 is 0 Å². The molecule has 106 valence electrons.